The molecule has 0 unspecified atom stereocenters. The molecule has 29 heavy (non-hydrogen) atoms. The molecule has 0 amide bonds. The Labute approximate surface area is 171 Å². The molecule has 0 saturated heterocycles. The number of hydrogen-bond donors (Lipinski definition) is 0. The fraction of sp³-hybridized carbons (Fsp3) is 0.520. The zero-order valence-electron chi connectivity index (χ0n) is 17.1. The van der Waals surface area contributed by atoms with Crippen molar-refractivity contribution in [2.24, 2.45) is 11.8 Å². The molecular weight excluding hydrogens is 376 g/mol. The standard InChI is InChI=1S/C25H30F4/c1-2-3-5-17-8-10-18(11-9-17)6-4-7-19-14-23(28)25(24(29)15-19)20-12-13-21(26)22(27)16-20/h12-18H,2-11H2,1H3. The fourth-order valence-corrected chi connectivity index (χ4v) is 4.59. The van der Waals surface area contributed by atoms with E-state index in [1.807, 2.05) is 0 Å². The highest BCUT2D eigenvalue weighted by molar-refractivity contribution is 5.65. The second-order valence-electron chi connectivity index (χ2n) is 8.48. The number of aryl methyl sites for hydroxylation is 1. The SMILES string of the molecule is CCCCC1CCC(CCCc2cc(F)c(-c3ccc(F)c(F)c3)c(F)c2)CC1. The minimum Gasteiger partial charge on any atom is -0.206 e. The number of benzene rings is 2. The lowest BCUT2D eigenvalue weighted by atomic mass is 9.78. The molecule has 158 valence electrons. The van der Waals surface area contributed by atoms with Crippen LogP contribution in [-0.4, -0.2) is 0 Å². The van der Waals surface area contributed by atoms with E-state index < -0.39 is 23.3 Å². The lowest BCUT2D eigenvalue weighted by Crippen LogP contribution is -2.14. The molecule has 4 heteroatoms. The minimum absolute atomic E-state index is 0.00489. The predicted octanol–water partition coefficient (Wildman–Crippen LogP) is 8.23. The van der Waals surface area contributed by atoms with Gasteiger partial charge in [-0.3, -0.25) is 0 Å². The molecule has 2 aromatic carbocycles. The first kappa shape index (κ1) is 21.9. The molecule has 3 rings (SSSR count). The Kier molecular flexibility index (Phi) is 7.74. The van der Waals surface area contributed by atoms with E-state index in [0.717, 1.165) is 36.8 Å². The molecule has 1 saturated carbocycles. The van der Waals surface area contributed by atoms with E-state index in [0.29, 0.717) is 12.0 Å². The topological polar surface area (TPSA) is 0 Å². The van der Waals surface area contributed by atoms with Gasteiger partial charge in [0.25, 0.3) is 0 Å². The van der Waals surface area contributed by atoms with Crippen LogP contribution in [0.1, 0.15) is 70.3 Å². The minimum atomic E-state index is -1.12. The van der Waals surface area contributed by atoms with Crippen LogP contribution in [0.25, 0.3) is 11.1 Å². The first-order valence-corrected chi connectivity index (χ1v) is 10.9. The summed E-state index contributed by atoms with van der Waals surface area (Å²) in [5.41, 5.74) is 0.311. The second-order valence-corrected chi connectivity index (χ2v) is 8.48. The maximum absolute atomic E-state index is 14.5. The molecule has 0 radical (unpaired) electrons. The van der Waals surface area contributed by atoms with Crippen LogP contribution in [0.4, 0.5) is 17.6 Å². The van der Waals surface area contributed by atoms with Crippen molar-refractivity contribution in [3.63, 3.8) is 0 Å². The Hall–Kier alpha value is -1.84. The smallest absolute Gasteiger partial charge is 0.159 e. The summed E-state index contributed by atoms with van der Waals surface area (Å²) in [6.45, 7) is 2.24. The summed E-state index contributed by atoms with van der Waals surface area (Å²) >= 11 is 0. The third-order valence-electron chi connectivity index (χ3n) is 6.32. The Morgan fingerprint density at radius 1 is 0.724 bits per heavy atom. The van der Waals surface area contributed by atoms with E-state index in [2.05, 4.69) is 6.92 Å². The zero-order chi connectivity index (χ0) is 20.8. The Balaban J connectivity index is 1.54. The molecule has 0 N–H and O–H groups in total. The molecule has 0 aliphatic heterocycles. The Bertz CT molecular complexity index is 783. The predicted molar refractivity (Wildman–Crippen MR) is 110 cm³/mol. The maximum Gasteiger partial charge on any atom is 0.159 e. The van der Waals surface area contributed by atoms with E-state index in [4.69, 9.17) is 0 Å². The maximum atomic E-state index is 14.5. The van der Waals surface area contributed by atoms with Crippen LogP contribution in [0.2, 0.25) is 0 Å². The molecule has 0 nitrogen and oxygen atoms in total. The first-order valence-electron chi connectivity index (χ1n) is 10.9. The average Bonchev–Trinajstić information content (AvgIpc) is 2.69. The van der Waals surface area contributed by atoms with Crippen LogP contribution in [0.15, 0.2) is 30.3 Å². The molecule has 0 heterocycles. The normalized spacial score (nSPS) is 19.5. The monoisotopic (exact) mass is 406 g/mol. The van der Waals surface area contributed by atoms with Crippen molar-refractivity contribution in [3.05, 3.63) is 59.2 Å². The summed E-state index contributed by atoms with van der Waals surface area (Å²) in [6.07, 6.45) is 11.7. The van der Waals surface area contributed by atoms with Crippen molar-refractivity contribution < 1.29 is 17.6 Å². The van der Waals surface area contributed by atoms with Gasteiger partial charge in [-0.25, -0.2) is 17.6 Å². The van der Waals surface area contributed by atoms with E-state index in [9.17, 15) is 17.6 Å². The van der Waals surface area contributed by atoms with Crippen LogP contribution in [0.3, 0.4) is 0 Å². The van der Waals surface area contributed by atoms with Gasteiger partial charge in [0.1, 0.15) is 11.6 Å². The van der Waals surface area contributed by atoms with E-state index in [1.54, 1.807) is 0 Å². The van der Waals surface area contributed by atoms with Gasteiger partial charge in [0.05, 0.1) is 5.56 Å². The molecular formula is C25H30F4. The van der Waals surface area contributed by atoms with Gasteiger partial charge in [0, 0.05) is 0 Å². The third kappa shape index (κ3) is 5.83. The Morgan fingerprint density at radius 3 is 1.86 bits per heavy atom. The van der Waals surface area contributed by atoms with Crippen LogP contribution in [0.5, 0.6) is 0 Å². The van der Waals surface area contributed by atoms with E-state index in [-0.39, 0.29) is 11.1 Å². The Morgan fingerprint density at radius 2 is 1.31 bits per heavy atom. The van der Waals surface area contributed by atoms with Crippen molar-refractivity contribution in [2.75, 3.05) is 0 Å². The quantitative estimate of drug-likeness (QED) is 0.387. The molecule has 0 bridgehead atoms. The fourth-order valence-electron chi connectivity index (χ4n) is 4.59. The van der Waals surface area contributed by atoms with E-state index in [1.165, 1.54) is 63.1 Å². The third-order valence-corrected chi connectivity index (χ3v) is 6.32. The highest BCUT2D eigenvalue weighted by Crippen LogP contribution is 2.35. The second kappa shape index (κ2) is 10.3. The van der Waals surface area contributed by atoms with Crippen molar-refractivity contribution in [1.82, 2.24) is 0 Å². The van der Waals surface area contributed by atoms with Crippen LogP contribution < -0.4 is 0 Å². The summed E-state index contributed by atoms with van der Waals surface area (Å²) in [4.78, 5) is 0. The van der Waals surface area contributed by atoms with Gasteiger partial charge in [-0.05, 0) is 60.1 Å². The first-order chi connectivity index (χ1) is 14.0. The number of rotatable bonds is 8. The number of hydrogen-bond acceptors (Lipinski definition) is 0. The van der Waals surface area contributed by atoms with Crippen molar-refractivity contribution in [1.29, 1.82) is 0 Å². The van der Waals surface area contributed by atoms with Gasteiger partial charge in [-0.2, -0.15) is 0 Å². The van der Waals surface area contributed by atoms with Crippen LogP contribution in [-0.2, 0) is 6.42 Å². The lowest BCUT2D eigenvalue weighted by Gasteiger charge is -2.28. The van der Waals surface area contributed by atoms with Gasteiger partial charge >= 0.3 is 0 Å². The highest BCUT2D eigenvalue weighted by atomic mass is 19.2. The molecule has 0 atom stereocenters. The summed E-state index contributed by atoms with van der Waals surface area (Å²) in [7, 11) is 0. The molecule has 2 aromatic rings. The average molecular weight is 407 g/mol. The lowest BCUT2D eigenvalue weighted by molar-refractivity contribution is 0.247. The largest absolute Gasteiger partial charge is 0.206 e. The van der Waals surface area contributed by atoms with Crippen molar-refractivity contribution in [2.45, 2.75) is 71.1 Å². The van der Waals surface area contributed by atoms with Crippen LogP contribution in [0, 0.1) is 35.1 Å². The van der Waals surface area contributed by atoms with Gasteiger partial charge in [0.15, 0.2) is 11.6 Å². The summed E-state index contributed by atoms with van der Waals surface area (Å²) in [5, 5.41) is 0. The molecule has 0 spiro atoms. The number of halogens is 4. The van der Waals surface area contributed by atoms with E-state index >= 15 is 0 Å². The van der Waals surface area contributed by atoms with Gasteiger partial charge in [0.2, 0.25) is 0 Å². The summed E-state index contributed by atoms with van der Waals surface area (Å²) in [6, 6.07) is 5.54. The summed E-state index contributed by atoms with van der Waals surface area (Å²) < 4.78 is 55.5. The molecule has 1 aliphatic carbocycles. The molecule has 1 aliphatic rings. The molecule has 1 fully saturated rings. The van der Waals surface area contributed by atoms with Gasteiger partial charge < -0.3 is 0 Å². The summed E-state index contributed by atoms with van der Waals surface area (Å²) in [5.74, 6) is -2.01. The van der Waals surface area contributed by atoms with Crippen LogP contribution >= 0.6 is 0 Å². The van der Waals surface area contributed by atoms with Gasteiger partial charge in [-0.1, -0.05) is 64.4 Å². The van der Waals surface area contributed by atoms with Crippen molar-refractivity contribution >= 4 is 0 Å². The van der Waals surface area contributed by atoms with Crippen molar-refractivity contribution in [3.8, 4) is 11.1 Å². The zero-order valence-corrected chi connectivity index (χ0v) is 17.1. The molecule has 0 aromatic heterocycles. The van der Waals surface area contributed by atoms with Gasteiger partial charge in [-0.15, -0.1) is 0 Å². The highest BCUT2D eigenvalue weighted by Gasteiger charge is 2.21. The number of unbranched alkanes of at least 4 members (excludes halogenated alkanes) is 1.